The van der Waals surface area contributed by atoms with Crippen molar-refractivity contribution in [2.45, 2.75) is 4.90 Å². The molecule has 0 saturated heterocycles. The summed E-state index contributed by atoms with van der Waals surface area (Å²) < 4.78 is 21.7. The first kappa shape index (κ1) is 14.8. The molecule has 1 aromatic carbocycles. The molecule has 0 aromatic heterocycles. The smallest absolute Gasteiger partial charge is 0.148 e. The van der Waals surface area contributed by atoms with Gasteiger partial charge in [-0.2, -0.15) is 0 Å². The normalized spacial score (nSPS) is 11.6. The third kappa shape index (κ3) is 7.65. The van der Waals surface area contributed by atoms with Crippen LogP contribution in [0.1, 0.15) is 0 Å². The first-order valence-corrected chi connectivity index (χ1v) is 8.66. The molecule has 1 aromatic rings. The molecule has 0 aliphatic rings. The molecule has 0 saturated carbocycles. The number of halogens is 1. The minimum Gasteiger partial charge on any atom is -0.315 e. The van der Waals surface area contributed by atoms with Crippen LogP contribution in [0.15, 0.2) is 29.2 Å². The maximum atomic E-state index is 10.9. The van der Waals surface area contributed by atoms with E-state index >= 15 is 0 Å². The molecule has 0 amide bonds. The summed E-state index contributed by atoms with van der Waals surface area (Å²) in [5.74, 6) is 1.08. The third-order valence-electron chi connectivity index (χ3n) is 1.99. The van der Waals surface area contributed by atoms with E-state index in [4.69, 9.17) is 11.6 Å². The SMILES string of the molecule is CS(=O)(=O)CCNCCSc1cccc(Cl)c1. The summed E-state index contributed by atoms with van der Waals surface area (Å²) in [6.45, 7) is 1.29. The average molecular weight is 294 g/mol. The number of hydrogen-bond acceptors (Lipinski definition) is 4. The molecule has 0 fully saturated rings. The lowest BCUT2D eigenvalue weighted by atomic mass is 10.4. The molecule has 0 atom stereocenters. The zero-order valence-electron chi connectivity index (χ0n) is 9.65. The highest BCUT2D eigenvalue weighted by Crippen LogP contribution is 2.20. The van der Waals surface area contributed by atoms with E-state index in [1.807, 2.05) is 24.3 Å². The van der Waals surface area contributed by atoms with Crippen LogP contribution in [0.25, 0.3) is 0 Å². The topological polar surface area (TPSA) is 46.2 Å². The average Bonchev–Trinajstić information content (AvgIpc) is 2.22. The van der Waals surface area contributed by atoms with E-state index in [1.54, 1.807) is 11.8 Å². The van der Waals surface area contributed by atoms with E-state index in [2.05, 4.69) is 5.32 Å². The Morgan fingerprint density at radius 3 is 2.76 bits per heavy atom. The standard InChI is InChI=1S/C11H16ClNO2S2/c1-17(14,15)8-6-13-5-7-16-11-4-2-3-10(12)9-11/h2-4,9,13H,5-8H2,1H3. The van der Waals surface area contributed by atoms with Crippen molar-refractivity contribution in [3.63, 3.8) is 0 Å². The largest absolute Gasteiger partial charge is 0.315 e. The monoisotopic (exact) mass is 293 g/mol. The van der Waals surface area contributed by atoms with Gasteiger partial charge >= 0.3 is 0 Å². The first-order chi connectivity index (χ1) is 7.97. The highest BCUT2D eigenvalue weighted by molar-refractivity contribution is 7.99. The van der Waals surface area contributed by atoms with Crippen LogP contribution in [-0.4, -0.2) is 39.3 Å². The lowest BCUT2D eigenvalue weighted by Crippen LogP contribution is -2.24. The van der Waals surface area contributed by atoms with Gasteiger partial charge in [0.1, 0.15) is 9.84 Å². The van der Waals surface area contributed by atoms with Crippen LogP contribution in [0.4, 0.5) is 0 Å². The second-order valence-electron chi connectivity index (χ2n) is 3.69. The summed E-state index contributed by atoms with van der Waals surface area (Å²) in [6, 6.07) is 7.69. The Balaban J connectivity index is 2.13. The first-order valence-electron chi connectivity index (χ1n) is 5.24. The van der Waals surface area contributed by atoms with Crippen molar-refractivity contribution in [3.8, 4) is 0 Å². The Morgan fingerprint density at radius 1 is 1.35 bits per heavy atom. The highest BCUT2D eigenvalue weighted by Gasteiger charge is 2.00. The summed E-state index contributed by atoms with van der Waals surface area (Å²) in [5, 5.41) is 3.83. The van der Waals surface area contributed by atoms with Gasteiger partial charge < -0.3 is 5.32 Å². The summed E-state index contributed by atoms with van der Waals surface area (Å²) >= 11 is 7.56. The summed E-state index contributed by atoms with van der Waals surface area (Å²) in [7, 11) is -2.86. The number of benzene rings is 1. The minimum absolute atomic E-state index is 0.189. The molecule has 0 unspecified atom stereocenters. The molecule has 0 aliphatic carbocycles. The minimum atomic E-state index is -2.86. The van der Waals surface area contributed by atoms with Crippen molar-refractivity contribution < 1.29 is 8.42 Å². The Labute approximate surface area is 112 Å². The van der Waals surface area contributed by atoms with Crippen LogP contribution in [0.2, 0.25) is 5.02 Å². The van der Waals surface area contributed by atoms with Crippen LogP contribution >= 0.6 is 23.4 Å². The van der Waals surface area contributed by atoms with Crippen LogP contribution in [0.3, 0.4) is 0 Å². The summed E-state index contributed by atoms with van der Waals surface area (Å²) in [5.41, 5.74) is 0. The summed E-state index contributed by atoms with van der Waals surface area (Å²) in [6.07, 6.45) is 1.25. The van der Waals surface area contributed by atoms with Gasteiger partial charge in [-0.3, -0.25) is 0 Å². The number of hydrogen-bond donors (Lipinski definition) is 1. The van der Waals surface area contributed by atoms with E-state index in [1.165, 1.54) is 6.26 Å². The molecular formula is C11H16ClNO2S2. The van der Waals surface area contributed by atoms with Crippen LogP contribution in [-0.2, 0) is 9.84 Å². The third-order valence-corrected chi connectivity index (χ3v) is 4.17. The predicted molar refractivity (Wildman–Crippen MR) is 74.8 cm³/mol. The fourth-order valence-corrected chi connectivity index (χ4v) is 2.82. The maximum Gasteiger partial charge on any atom is 0.148 e. The van der Waals surface area contributed by atoms with Gasteiger partial charge in [0.15, 0.2) is 0 Å². The molecule has 1 rings (SSSR count). The molecule has 0 bridgehead atoms. The Bertz CT molecular complexity index is 449. The zero-order chi connectivity index (χ0) is 12.7. The van der Waals surface area contributed by atoms with E-state index in [9.17, 15) is 8.42 Å². The van der Waals surface area contributed by atoms with Gasteiger partial charge in [0.05, 0.1) is 5.75 Å². The van der Waals surface area contributed by atoms with Gasteiger partial charge in [-0.25, -0.2) is 8.42 Å². The Hall–Kier alpha value is -0.230. The fraction of sp³-hybridized carbons (Fsp3) is 0.455. The molecule has 17 heavy (non-hydrogen) atoms. The number of sulfone groups is 1. The highest BCUT2D eigenvalue weighted by atomic mass is 35.5. The number of thioether (sulfide) groups is 1. The van der Waals surface area contributed by atoms with Crippen molar-refractivity contribution in [2.75, 3.05) is 30.9 Å². The quantitative estimate of drug-likeness (QED) is 0.617. The van der Waals surface area contributed by atoms with Crippen LogP contribution in [0.5, 0.6) is 0 Å². The zero-order valence-corrected chi connectivity index (χ0v) is 12.0. The van der Waals surface area contributed by atoms with Crippen molar-refractivity contribution in [1.82, 2.24) is 5.32 Å². The lowest BCUT2D eigenvalue weighted by Gasteiger charge is -2.04. The molecule has 0 radical (unpaired) electrons. The van der Waals surface area contributed by atoms with E-state index in [0.717, 1.165) is 22.2 Å². The predicted octanol–water partition coefficient (Wildman–Crippen LogP) is 2.07. The number of rotatable bonds is 7. The van der Waals surface area contributed by atoms with E-state index in [0.29, 0.717) is 6.54 Å². The van der Waals surface area contributed by atoms with Crippen molar-refractivity contribution in [2.24, 2.45) is 0 Å². The second kappa shape index (κ2) is 7.26. The number of nitrogens with one attached hydrogen (secondary N) is 1. The molecule has 96 valence electrons. The van der Waals surface area contributed by atoms with Gasteiger partial charge in [-0.05, 0) is 18.2 Å². The fourth-order valence-electron chi connectivity index (χ4n) is 1.18. The van der Waals surface area contributed by atoms with Gasteiger partial charge in [-0.1, -0.05) is 17.7 Å². The van der Waals surface area contributed by atoms with Gasteiger partial charge in [0.25, 0.3) is 0 Å². The Kier molecular flexibility index (Phi) is 6.33. The molecule has 6 heteroatoms. The van der Waals surface area contributed by atoms with Gasteiger partial charge in [0.2, 0.25) is 0 Å². The van der Waals surface area contributed by atoms with Crippen molar-refractivity contribution >= 4 is 33.2 Å². The molecule has 0 aliphatic heterocycles. The molecule has 0 heterocycles. The van der Waals surface area contributed by atoms with E-state index in [-0.39, 0.29) is 5.75 Å². The van der Waals surface area contributed by atoms with Crippen LogP contribution < -0.4 is 5.32 Å². The van der Waals surface area contributed by atoms with Crippen LogP contribution in [0, 0.1) is 0 Å². The summed E-state index contributed by atoms with van der Waals surface area (Å²) in [4.78, 5) is 1.13. The lowest BCUT2D eigenvalue weighted by molar-refractivity contribution is 0.598. The van der Waals surface area contributed by atoms with E-state index < -0.39 is 9.84 Å². The van der Waals surface area contributed by atoms with Gasteiger partial charge in [-0.15, -0.1) is 11.8 Å². The molecule has 3 nitrogen and oxygen atoms in total. The Morgan fingerprint density at radius 2 is 2.12 bits per heavy atom. The molecular weight excluding hydrogens is 278 g/mol. The van der Waals surface area contributed by atoms with Crippen molar-refractivity contribution in [1.29, 1.82) is 0 Å². The molecule has 0 spiro atoms. The van der Waals surface area contributed by atoms with Gasteiger partial charge in [0, 0.05) is 35.0 Å². The van der Waals surface area contributed by atoms with Crippen molar-refractivity contribution in [3.05, 3.63) is 29.3 Å². The second-order valence-corrected chi connectivity index (χ2v) is 7.55. The maximum absolute atomic E-state index is 10.9. The molecule has 1 N–H and O–H groups in total.